The third kappa shape index (κ3) is 4.38. The Hall–Kier alpha value is -2.35. The Balaban J connectivity index is 1.47. The van der Waals surface area contributed by atoms with Gasteiger partial charge < -0.3 is 15.7 Å². The minimum absolute atomic E-state index is 0.0256. The van der Waals surface area contributed by atoms with E-state index in [1.54, 1.807) is 6.20 Å². The molecule has 0 bridgehead atoms. The zero-order chi connectivity index (χ0) is 19.7. The molecule has 2 saturated carbocycles. The molecule has 0 spiro atoms. The molecule has 2 aromatic heterocycles. The molecule has 1 amide bonds. The molecular weight excluding hydrogens is 380 g/mol. The molecule has 2 aliphatic carbocycles. The van der Waals surface area contributed by atoms with E-state index < -0.39 is 6.09 Å². The van der Waals surface area contributed by atoms with Gasteiger partial charge in [-0.3, -0.25) is 4.68 Å². The van der Waals surface area contributed by atoms with E-state index in [1.165, 1.54) is 12.8 Å². The number of hydrogen-bond acceptors (Lipinski definition) is 5. The number of amides is 1. The number of aromatic nitrogens is 4. The molecule has 2 fully saturated rings. The van der Waals surface area contributed by atoms with Crippen molar-refractivity contribution >= 4 is 23.6 Å². The fraction of sp³-hybridized carbons (Fsp3) is 0.579. The number of hydrogen-bond donors (Lipinski definition) is 3. The lowest BCUT2D eigenvalue weighted by atomic mass is 9.91. The summed E-state index contributed by atoms with van der Waals surface area (Å²) in [5, 5.41) is 19.7. The largest absolute Gasteiger partial charge is 0.465 e. The molecule has 0 aliphatic heterocycles. The van der Waals surface area contributed by atoms with Gasteiger partial charge in [-0.25, -0.2) is 14.8 Å². The SMILES string of the molecule is Cn1ncc(-c2nc(NC3CCC(NC(=O)O)CC3)ncc2Cl)c1CC1CC1. The molecule has 0 saturated heterocycles. The van der Waals surface area contributed by atoms with Crippen LogP contribution in [0, 0.1) is 5.92 Å². The van der Waals surface area contributed by atoms with Crippen LogP contribution in [0.2, 0.25) is 5.02 Å². The molecule has 2 aliphatic rings. The Bertz CT molecular complexity index is 858. The highest BCUT2D eigenvalue weighted by Gasteiger charge is 2.27. The van der Waals surface area contributed by atoms with Gasteiger partial charge in [-0.15, -0.1) is 0 Å². The molecule has 4 rings (SSSR count). The van der Waals surface area contributed by atoms with E-state index in [9.17, 15) is 4.79 Å². The first-order valence-electron chi connectivity index (χ1n) is 9.79. The highest BCUT2D eigenvalue weighted by molar-refractivity contribution is 6.32. The Morgan fingerprint density at radius 2 is 1.93 bits per heavy atom. The fourth-order valence-electron chi connectivity index (χ4n) is 3.86. The summed E-state index contributed by atoms with van der Waals surface area (Å²) in [6.07, 6.45) is 9.39. The second-order valence-electron chi connectivity index (χ2n) is 7.81. The van der Waals surface area contributed by atoms with Crippen molar-refractivity contribution in [2.45, 2.75) is 57.0 Å². The van der Waals surface area contributed by atoms with Crippen LogP contribution in [0.25, 0.3) is 11.3 Å². The summed E-state index contributed by atoms with van der Waals surface area (Å²) in [7, 11) is 1.96. The van der Waals surface area contributed by atoms with Crippen LogP contribution >= 0.6 is 11.6 Å². The summed E-state index contributed by atoms with van der Waals surface area (Å²) in [6.45, 7) is 0. The molecule has 2 aromatic rings. The minimum Gasteiger partial charge on any atom is -0.465 e. The second-order valence-corrected chi connectivity index (χ2v) is 8.22. The highest BCUT2D eigenvalue weighted by Crippen LogP contribution is 2.37. The molecule has 0 unspecified atom stereocenters. The van der Waals surface area contributed by atoms with Crippen molar-refractivity contribution in [1.29, 1.82) is 0 Å². The topological polar surface area (TPSA) is 105 Å². The standard InChI is InChI=1S/C19H25ClN6O2/c1-26-16(8-11-2-3-11)14(9-22-26)17-15(20)10-21-18(25-17)23-12-4-6-13(7-5-12)24-19(27)28/h9-13,24H,2-8H2,1H3,(H,27,28)(H,21,23,25). The zero-order valence-electron chi connectivity index (χ0n) is 15.9. The van der Waals surface area contributed by atoms with Crippen LogP contribution in [-0.2, 0) is 13.5 Å². The number of nitrogens with one attached hydrogen (secondary N) is 2. The zero-order valence-corrected chi connectivity index (χ0v) is 16.6. The lowest BCUT2D eigenvalue weighted by Gasteiger charge is -2.29. The van der Waals surface area contributed by atoms with Gasteiger partial charge >= 0.3 is 6.09 Å². The van der Waals surface area contributed by atoms with Crippen molar-refractivity contribution in [2.75, 3.05) is 5.32 Å². The molecule has 28 heavy (non-hydrogen) atoms. The summed E-state index contributed by atoms with van der Waals surface area (Å²) in [4.78, 5) is 19.8. The summed E-state index contributed by atoms with van der Waals surface area (Å²) < 4.78 is 1.91. The molecule has 0 radical (unpaired) electrons. The number of anilines is 1. The molecule has 0 atom stereocenters. The first kappa shape index (κ1) is 19.0. The van der Waals surface area contributed by atoms with Crippen molar-refractivity contribution < 1.29 is 9.90 Å². The number of rotatable bonds is 6. The van der Waals surface area contributed by atoms with Crippen molar-refractivity contribution in [3.63, 3.8) is 0 Å². The summed E-state index contributed by atoms with van der Waals surface area (Å²) in [6, 6.07) is 0.248. The van der Waals surface area contributed by atoms with Gasteiger partial charge in [0.25, 0.3) is 0 Å². The number of carbonyl (C=O) groups is 1. The van der Waals surface area contributed by atoms with E-state index in [0.717, 1.165) is 49.3 Å². The number of carboxylic acid groups (broad SMARTS) is 1. The Morgan fingerprint density at radius 3 is 2.61 bits per heavy atom. The van der Waals surface area contributed by atoms with E-state index in [1.807, 2.05) is 17.9 Å². The average molecular weight is 405 g/mol. The predicted octanol–water partition coefficient (Wildman–Crippen LogP) is 3.47. The Morgan fingerprint density at radius 1 is 1.21 bits per heavy atom. The van der Waals surface area contributed by atoms with Gasteiger partial charge in [0.05, 0.1) is 23.1 Å². The van der Waals surface area contributed by atoms with Crippen molar-refractivity contribution in [1.82, 2.24) is 25.1 Å². The van der Waals surface area contributed by atoms with E-state index in [-0.39, 0.29) is 12.1 Å². The van der Waals surface area contributed by atoms with Crippen LogP contribution in [0.4, 0.5) is 10.7 Å². The lowest BCUT2D eigenvalue weighted by Crippen LogP contribution is -2.39. The normalized spacial score (nSPS) is 22.1. The molecule has 0 aromatic carbocycles. The van der Waals surface area contributed by atoms with Crippen molar-refractivity contribution in [3.05, 3.63) is 23.1 Å². The van der Waals surface area contributed by atoms with Gasteiger partial charge in [0.1, 0.15) is 0 Å². The Kier molecular flexibility index (Phi) is 5.39. The fourth-order valence-corrected chi connectivity index (χ4v) is 4.06. The molecule has 8 nitrogen and oxygen atoms in total. The van der Waals surface area contributed by atoms with Crippen LogP contribution in [0.5, 0.6) is 0 Å². The minimum atomic E-state index is -0.958. The molecule has 3 N–H and O–H groups in total. The maximum Gasteiger partial charge on any atom is 0.404 e. The van der Waals surface area contributed by atoms with Gasteiger partial charge in [-0.05, 0) is 50.9 Å². The van der Waals surface area contributed by atoms with Gasteiger partial charge in [0, 0.05) is 30.4 Å². The van der Waals surface area contributed by atoms with Gasteiger partial charge in [0.2, 0.25) is 5.95 Å². The van der Waals surface area contributed by atoms with Crippen molar-refractivity contribution in [3.8, 4) is 11.3 Å². The monoisotopic (exact) mass is 404 g/mol. The van der Waals surface area contributed by atoms with Crippen LogP contribution in [-0.4, -0.2) is 43.0 Å². The molecular formula is C19H25ClN6O2. The van der Waals surface area contributed by atoms with Crippen LogP contribution in [0.3, 0.4) is 0 Å². The van der Waals surface area contributed by atoms with E-state index in [0.29, 0.717) is 16.7 Å². The summed E-state index contributed by atoms with van der Waals surface area (Å²) in [5.41, 5.74) is 2.85. The van der Waals surface area contributed by atoms with Crippen molar-refractivity contribution in [2.24, 2.45) is 13.0 Å². The smallest absolute Gasteiger partial charge is 0.404 e. The van der Waals surface area contributed by atoms with Crippen LogP contribution in [0.1, 0.15) is 44.2 Å². The first-order chi connectivity index (χ1) is 13.5. The first-order valence-corrected chi connectivity index (χ1v) is 10.2. The third-order valence-electron chi connectivity index (χ3n) is 5.63. The van der Waals surface area contributed by atoms with E-state index in [4.69, 9.17) is 16.7 Å². The summed E-state index contributed by atoms with van der Waals surface area (Å²) >= 11 is 6.42. The molecule has 150 valence electrons. The maximum atomic E-state index is 10.8. The van der Waals surface area contributed by atoms with E-state index >= 15 is 0 Å². The van der Waals surface area contributed by atoms with Gasteiger partial charge in [-0.2, -0.15) is 5.10 Å². The Labute approximate surface area is 168 Å². The number of aryl methyl sites for hydroxylation is 1. The van der Waals surface area contributed by atoms with Crippen LogP contribution in [0.15, 0.2) is 12.4 Å². The second kappa shape index (κ2) is 7.95. The van der Waals surface area contributed by atoms with E-state index in [2.05, 4.69) is 25.7 Å². The maximum absolute atomic E-state index is 10.8. The summed E-state index contributed by atoms with van der Waals surface area (Å²) in [5.74, 6) is 1.29. The van der Waals surface area contributed by atoms with Gasteiger partial charge in [0.15, 0.2) is 0 Å². The van der Waals surface area contributed by atoms with Gasteiger partial charge in [-0.1, -0.05) is 11.6 Å². The number of halogens is 1. The molecule has 9 heteroatoms. The lowest BCUT2D eigenvalue weighted by molar-refractivity contribution is 0.185. The number of nitrogens with zero attached hydrogens (tertiary/aromatic N) is 4. The predicted molar refractivity (Wildman–Crippen MR) is 106 cm³/mol. The molecule has 2 heterocycles. The quantitative estimate of drug-likeness (QED) is 0.680. The third-order valence-corrected chi connectivity index (χ3v) is 5.90. The average Bonchev–Trinajstić information content (AvgIpc) is 3.41. The highest BCUT2D eigenvalue weighted by atomic mass is 35.5. The van der Waals surface area contributed by atoms with Crippen LogP contribution < -0.4 is 10.6 Å².